The van der Waals surface area contributed by atoms with Crippen LogP contribution < -0.4 is 5.73 Å². The zero-order valence-corrected chi connectivity index (χ0v) is 11.7. The van der Waals surface area contributed by atoms with Crippen molar-refractivity contribution in [3.8, 4) is 6.07 Å². The van der Waals surface area contributed by atoms with E-state index in [0.717, 1.165) is 30.7 Å². The second-order valence-corrected chi connectivity index (χ2v) is 5.64. The molecule has 1 fully saturated rings. The molecular weight excluding hydrogens is 250 g/mol. The molecule has 0 atom stereocenters. The maximum Gasteiger partial charge on any atom is 0.201 e. The van der Waals surface area contributed by atoms with Crippen LogP contribution in [0.4, 0.5) is 5.95 Å². The van der Waals surface area contributed by atoms with Gasteiger partial charge in [0, 0.05) is 6.54 Å². The van der Waals surface area contributed by atoms with E-state index in [2.05, 4.69) is 27.6 Å². The molecule has 0 amide bonds. The van der Waals surface area contributed by atoms with Crippen molar-refractivity contribution in [2.75, 3.05) is 25.9 Å². The number of benzene rings is 1. The van der Waals surface area contributed by atoms with E-state index in [4.69, 9.17) is 11.0 Å². The zero-order valence-electron chi connectivity index (χ0n) is 11.7. The second-order valence-electron chi connectivity index (χ2n) is 5.64. The topological polar surface area (TPSA) is 70.9 Å². The highest BCUT2D eigenvalue weighted by Gasteiger charge is 2.19. The monoisotopic (exact) mass is 269 g/mol. The predicted molar refractivity (Wildman–Crippen MR) is 79.1 cm³/mol. The van der Waals surface area contributed by atoms with E-state index in [-0.39, 0.29) is 0 Å². The summed E-state index contributed by atoms with van der Waals surface area (Å²) in [7, 11) is 2.16. The van der Waals surface area contributed by atoms with Crippen molar-refractivity contribution in [1.82, 2.24) is 14.5 Å². The molecule has 5 nitrogen and oxygen atoms in total. The van der Waals surface area contributed by atoms with Gasteiger partial charge in [0.2, 0.25) is 5.95 Å². The normalized spacial score (nSPS) is 17.4. The number of hydrogen-bond acceptors (Lipinski definition) is 4. The third-order valence-corrected chi connectivity index (χ3v) is 4.19. The Hall–Kier alpha value is -2.06. The number of imidazole rings is 1. The van der Waals surface area contributed by atoms with Crippen LogP contribution in [0.3, 0.4) is 0 Å². The number of hydrogen-bond donors (Lipinski definition) is 1. The van der Waals surface area contributed by atoms with Crippen molar-refractivity contribution in [3.63, 3.8) is 0 Å². The minimum Gasteiger partial charge on any atom is -0.369 e. The quantitative estimate of drug-likeness (QED) is 0.903. The Bertz CT molecular complexity index is 659. The summed E-state index contributed by atoms with van der Waals surface area (Å²) in [6.07, 6.45) is 2.38. The fourth-order valence-corrected chi connectivity index (χ4v) is 2.91. The molecule has 1 aliphatic heterocycles. The summed E-state index contributed by atoms with van der Waals surface area (Å²) in [5.41, 5.74) is 8.55. The lowest BCUT2D eigenvalue weighted by Crippen LogP contribution is -2.32. The Morgan fingerprint density at radius 2 is 2.15 bits per heavy atom. The summed E-state index contributed by atoms with van der Waals surface area (Å²) in [5.74, 6) is 1.19. The first-order chi connectivity index (χ1) is 9.67. The molecule has 0 bridgehead atoms. The first-order valence-electron chi connectivity index (χ1n) is 7.02. The van der Waals surface area contributed by atoms with E-state index < -0.39 is 0 Å². The highest BCUT2D eigenvalue weighted by Crippen LogP contribution is 2.24. The van der Waals surface area contributed by atoms with Crippen molar-refractivity contribution >= 4 is 17.0 Å². The van der Waals surface area contributed by atoms with Gasteiger partial charge in [-0.3, -0.25) is 0 Å². The molecule has 2 N–H and O–H groups in total. The van der Waals surface area contributed by atoms with Crippen LogP contribution in [0.2, 0.25) is 0 Å². The van der Waals surface area contributed by atoms with Crippen molar-refractivity contribution < 1.29 is 0 Å². The maximum atomic E-state index is 9.03. The van der Waals surface area contributed by atoms with Crippen molar-refractivity contribution in [2.24, 2.45) is 5.92 Å². The summed E-state index contributed by atoms with van der Waals surface area (Å²) in [4.78, 5) is 6.75. The summed E-state index contributed by atoms with van der Waals surface area (Å²) in [6.45, 7) is 3.17. The van der Waals surface area contributed by atoms with Gasteiger partial charge in [-0.2, -0.15) is 5.26 Å². The summed E-state index contributed by atoms with van der Waals surface area (Å²) in [6, 6.07) is 7.72. The maximum absolute atomic E-state index is 9.03. The molecule has 0 unspecified atom stereocenters. The number of fused-ring (bicyclic) bond motifs is 1. The van der Waals surface area contributed by atoms with Crippen LogP contribution in [-0.2, 0) is 6.54 Å². The Kier molecular flexibility index (Phi) is 3.33. The Morgan fingerprint density at radius 1 is 1.40 bits per heavy atom. The first kappa shape index (κ1) is 12.9. The molecule has 1 aliphatic rings. The third-order valence-electron chi connectivity index (χ3n) is 4.19. The highest BCUT2D eigenvalue weighted by atomic mass is 15.2. The lowest BCUT2D eigenvalue weighted by atomic mass is 9.97. The number of likely N-dealkylation sites (tertiary alicyclic amines) is 1. The average molecular weight is 269 g/mol. The lowest BCUT2D eigenvalue weighted by Gasteiger charge is -2.29. The number of nitrogen functional groups attached to an aromatic ring is 1. The molecule has 1 aromatic heterocycles. The van der Waals surface area contributed by atoms with Crippen LogP contribution in [0.5, 0.6) is 0 Å². The van der Waals surface area contributed by atoms with Gasteiger partial charge in [-0.1, -0.05) is 0 Å². The number of rotatable bonds is 2. The van der Waals surface area contributed by atoms with Crippen LogP contribution in [0.15, 0.2) is 18.2 Å². The van der Waals surface area contributed by atoms with Crippen molar-refractivity contribution in [3.05, 3.63) is 23.8 Å². The fraction of sp³-hybridized carbons (Fsp3) is 0.467. The molecule has 5 heteroatoms. The molecule has 2 heterocycles. The van der Waals surface area contributed by atoms with Gasteiger partial charge < -0.3 is 15.2 Å². The molecule has 0 saturated carbocycles. The van der Waals surface area contributed by atoms with Crippen LogP contribution in [0.1, 0.15) is 18.4 Å². The molecule has 0 aliphatic carbocycles. The molecular formula is C15H19N5. The summed E-state index contributed by atoms with van der Waals surface area (Å²) >= 11 is 0. The van der Waals surface area contributed by atoms with Gasteiger partial charge in [0.05, 0.1) is 22.7 Å². The van der Waals surface area contributed by atoms with Crippen molar-refractivity contribution in [1.29, 1.82) is 5.26 Å². The lowest BCUT2D eigenvalue weighted by molar-refractivity contribution is 0.206. The van der Waals surface area contributed by atoms with E-state index in [9.17, 15) is 0 Å². The number of aromatic nitrogens is 2. The zero-order chi connectivity index (χ0) is 14.1. The fourth-order valence-electron chi connectivity index (χ4n) is 2.91. The molecule has 1 saturated heterocycles. The van der Waals surface area contributed by atoms with Gasteiger partial charge in [0.25, 0.3) is 0 Å². The molecule has 1 aromatic carbocycles. The van der Waals surface area contributed by atoms with Gasteiger partial charge in [-0.25, -0.2) is 4.98 Å². The Balaban J connectivity index is 1.90. The van der Waals surface area contributed by atoms with Crippen LogP contribution in [0, 0.1) is 17.2 Å². The molecule has 3 rings (SSSR count). The van der Waals surface area contributed by atoms with Gasteiger partial charge in [0.15, 0.2) is 0 Å². The van der Waals surface area contributed by atoms with Crippen LogP contribution in [-0.4, -0.2) is 34.6 Å². The standard InChI is InChI=1S/C15H19N5/c1-19-6-4-11(5-7-19)10-20-14-8-12(9-16)2-3-13(14)18-15(20)17/h2-3,8,11H,4-7,10H2,1H3,(H2,17,18). The second kappa shape index (κ2) is 5.14. The minimum absolute atomic E-state index is 0.550. The van der Waals surface area contributed by atoms with Crippen molar-refractivity contribution in [2.45, 2.75) is 19.4 Å². The molecule has 20 heavy (non-hydrogen) atoms. The predicted octanol–water partition coefficient (Wildman–Crippen LogP) is 1.83. The van der Waals surface area contributed by atoms with E-state index in [1.165, 1.54) is 12.8 Å². The first-order valence-corrected chi connectivity index (χ1v) is 7.02. The van der Waals surface area contributed by atoms with Gasteiger partial charge >= 0.3 is 0 Å². The number of anilines is 1. The third kappa shape index (κ3) is 2.35. The Morgan fingerprint density at radius 3 is 2.85 bits per heavy atom. The van der Waals surface area contributed by atoms with E-state index in [1.807, 2.05) is 12.1 Å². The number of nitriles is 1. The average Bonchev–Trinajstić information content (AvgIpc) is 2.77. The van der Waals surface area contributed by atoms with E-state index in [0.29, 0.717) is 17.4 Å². The van der Waals surface area contributed by atoms with Gasteiger partial charge in [-0.05, 0) is 57.1 Å². The van der Waals surface area contributed by atoms with E-state index >= 15 is 0 Å². The molecule has 0 radical (unpaired) electrons. The largest absolute Gasteiger partial charge is 0.369 e. The molecule has 0 spiro atoms. The number of piperidine rings is 1. The molecule has 2 aromatic rings. The summed E-state index contributed by atoms with van der Waals surface area (Å²) < 4.78 is 2.06. The van der Waals surface area contributed by atoms with E-state index in [1.54, 1.807) is 6.07 Å². The Labute approximate surface area is 118 Å². The summed E-state index contributed by atoms with van der Waals surface area (Å²) in [5, 5.41) is 9.03. The van der Waals surface area contributed by atoms with Gasteiger partial charge in [-0.15, -0.1) is 0 Å². The van der Waals surface area contributed by atoms with Gasteiger partial charge in [0.1, 0.15) is 0 Å². The van der Waals surface area contributed by atoms with Crippen LogP contribution in [0.25, 0.3) is 11.0 Å². The SMILES string of the molecule is CN1CCC(Cn2c(N)nc3ccc(C#N)cc32)CC1. The number of nitrogens with zero attached hydrogens (tertiary/aromatic N) is 4. The van der Waals surface area contributed by atoms with Crippen LogP contribution >= 0.6 is 0 Å². The number of nitrogens with two attached hydrogens (primary N) is 1. The minimum atomic E-state index is 0.550. The molecule has 104 valence electrons. The smallest absolute Gasteiger partial charge is 0.201 e. The highest BCUT2D eigenvalue weighted by molar-refractivity contribution is 5.79.